The molecule has 0 aromatic rings. The van der Waals surface area contributed by atoms with Gasteiger partial charge in [0.1, 0.15) is 6.17 Å². The number of hydrogen-bond donors (Lipinski definition) is 2. The minimum Gasteiger partial charge on any atom is -0.345 e. The van der Waals surface area contributed by atoms with Gasteiger partial charge in [-0.05, 0) is 6.54 Å². The third kappa shape index (κ3) is 5.06. The van der Waals surface area contributed by atoms with Crippen molar-refractivity contribution >= 4 is 13.8 Å². The molecule has 0 aromatic heterocycles. The first-order chi connectivity index (χ1) is 5.57. The van der Waals surface area contributed by atoms with E-state index in [9.17, 15) is 4.79 Å². The third-order valence-electron chi connectivity index (χ3n) is 1.55. The zero-order chi connectivity index (χ0) is 9.56. The van der Waals surface area contributed by atoms with Gasteiger partial charge in [0.2, 0.25) is 0 Å². The van der Waals surface area contributed by atoms with Crippen molar-refractivity contribution in [2.75, 3.05) is 13.1 Å². The van der Waals surface area contributed by atoms with E-state index in [1.807, 2.05) is 12.8 Å². The number of rotatable bonds is 6. The molecule has 0 rings (SSSR count). The van der Waals surface area contributed by atoms with Crippen LogP contribution in [0, 0.1) is 0 Å². The van der Waals surface area contributed by atoms with Crippen LogP contribution in [0.15, 0.2) is 12.7 Å². The van der Waals surface area contributed by atoms with Gasteiger partial charge in [0.15, 0.2) is 13.8 Å². The highest BCUT2D eigenvalue weighted by atomic mass is 16.1. The van der Waals surface area contributed by atoms with Crippen LogP contribution in [0.1, 0.15) is 6.42 Å². The van der Waals surface area contributed by atoms with Crippen molar-refractivity contribution in [1.29, 1.82) is 0 Å². The second-order valence-electron chi connectivity index (χ2n) is 2.79. The fourth-order valence-electron chi connectivity index (χ4n) is 0.779. The topological polar surface area (TPSA) is 72.3 Å². The lowest BCUT2D eigenvalue weighted by atomic mass is 10.2. The van der Waals surface area contributed by atoms with Gasteiger partial charge in [0, 0.05) is 13.0 Å². The molecular formula is C7H16BN3O. The van der Waals surface area contributed by atoms with Crippen LogP contribution in [-0.4, -0.2) is 37.8 Å². The highest BCUT2D eigenvalue weighted by Gasteiger charge is 2.07. The maximum Gasteiger partial charge on any atom is 0.185 e. The van der Waals surface area contributed by atoms with Gasteiger partial charge in [-0.25, -0.2) is 0 Å². The van der Waals surface area contributed by atoms with Gasteiger partial charge in [0.05, 0.1) is 0 Å². The van der Waals surface area contributed by atoms with Gasteiger partial charge in [-0.3, -0.25) is 4.79 Å². The maximum absolute atomic E-state index is 10.9. The number of hydrogen-bond acceptors (Lipinski definition) is 4. The normalized spacial score (nSPS) is 10.7. The standard InChI is InChI=1S/C7H16BN3O/c1-2-4-11(8)5-3-6(12)7(9)10/h2,7H,1,3-5,8-10H2. The van der Waals surface area contributed by atoms with E-state index in [4.69, 9.17) is 11.5 Å². The molecule has 0 bridgehead atoms. The first-order valence-electron chi connectivity index (χ1n) is 3.91. The number of nitrogens with zero attached hydrogens (tertiary/aromatic N) is 1. The van der Waals surface area contributed by atoms with Crippen molar-refractivity contribution in [2.45, 2.75) is 12.6 Å². The molecule has 0 radical (unpaired) electrons. The zero-order valence-corrected chi connectivity index (χ0v) is 7.49. The van der Waals surface area contributed by atoms with Crippen LogP contribution in [-0.2, 0) is 4.79 Å². The molecule has 5 heteroatoms. The van der Waals surface area contributed by atoms with E-state index in [1.165, 1.54) is 0 Å². The summed E-state index contributed by atoms with van der Waals surface area (Å²) in [6.45, 7) is 5.03. The molecule has 0 aliphatic rings. The molecule has 68 valence electrons. The van der Waals surface area contributed by atoms with Crippen molar-refractivity contribution in [3.8, 4) is 0 Å². The number of carbonyl (C=O) groups excluding carboxylic acids is 1. The Morgan fingerprint density at radius 3 is 2.67 bits per heavy atom. The van der Waals surface area contributed by atoms with E-state index in [0.29, 0.717) is 13.0 Å². The summed E-state index contributed by atoms with van der Waals surface area (Å²) in [4.78, 5) is 12.9. The molecule has 4 N–H and O–H groups in total. The van der Waals surface area contributed by atoms with E-state index < -0.39 is 6.17 Å². The lowest BCUT2D eigenvalue weighted by molar-refractivity contribution is -0.120. The molecule has 0 spiro atoms. The highest BCUT2D eigenvalue weighted by Crippen LogP contribution is 1.89. The van der Waals surface area contributed by atoms with Gasteiger partial charge < -0.3 is 16.3 Å². The predicted octanol–water partition coefficient (Wildman–Crippen LogP) is -1.77. The molecule has 0 unspecified atom stereocenters. The van der Waals surface area contributed by atoms with Crippen LogP contribution in [0.25, 0.3) is 0 Å². The smallest absolute Gasteiger partial charge is 0.185 e. The summed E-state index contributed by atoms with van der Waals surface area (Å²) in [5.41, 5.74) is 10.4. The van der Waals surface area contributed by atoms with Gasteiger partial charge in [0.25, 0.3) is 0 Å². The minimum atomic E-state index is -0.831. The SMILES string of the molecule is BN(CC=C)CCC(=O)C(N)N. The average Bonchev–Trinajstić information content (AvgIpc) is 2.00. The molecule has 0 saturated heterocycles. The van der Waals surface area contributed by atoms with Crippen molar-refractivity contribution in [3.63, 3.8) is 0 Å². The Labute approximate surface area is 74.0 Å². The summed E-state index contributed by atoms with van der Waals surface area (Å²) >= 11 is 0. The molecule has 0 aliphatic heterocycles. The fourth-order valence-corrected chi connectivity index (χ4v) is 0.779. The number of nitrogens with two attached hydrogens (primary N) is 2. The Morgan fingerprint density at radius 2 is 2.25 bits per heavy atom. The van der Waals surface area contributed by atoms with Crippen molar-refractivity contribution in [2.24, 2.45) is 11.5 Å². The first kappa shape index (κ1) is 11.4. The summed E-state index contributed by atoms with van der Waals surface area (Å²) < 4.78 is 0. The van der Waals surface area contributed by atoms with E-state index in [0.717, 1.165) is 6.54 Å². The molecule has 0 fully saturated rings. The lowest BCUT2D eigenvalue weighted by Crippen LogP contribution is -2.40. The second-order valence-corrected chi connectivity index (χ2v) is 2.79. The van der Waals surface area contributed by atoms with Gasteiger partial charge >= 0.3 is 0 Å². The second kappa shape index (κ2) is 5.94. The summed E-state index contributed by atoms with van der Waals surface area (Å²) in [5, 5.41) is 0. The molecule has 12 heavy (non-hydrogen) atoms. The van der Waals surface area contributed by atoms with Crippen LogP contribution < -0.4 is 11.5 Å². The Morgan fingerprint density at radius 1 is 1.67 bits per heavy atom. The summed E-state index contributed by atoms with van der Waals surface area (Å²) in [6.07, 6.45) is 1.36. The maximum atomic E-state index is 10.9. The monoisotopic (exact) mass is 169 g/mol. The first-order valence-corrected chi connectivity index (χ1v) is 3.91. The van der Waals surface area contributed by atoms with E-state index in [1.54, 1.807) is 6.08 Å². The highest BCUT2D eigenvalue weighted by molar-refractivity contribution is 6.04. The van der Waals surface area contributed by atoms with Crippen LogP contribution >= 0.6 is 0 Å². The van der Waals surface area contributed by atoms with Gasteiger partial charge in [-0.2, -0.15) is 0 Å². The molecule has 0 heterocycles. The largest absolute Gasteiger partial charge is 0.345 e. The predicted molar refractivity (Wildman–Crippen MR) is 52.1 cm³/mol. The van der Waals surface area contributed by atoms with Crippen LogP contribution in [0.3, 0.4) is 0 Å². The average molecular weight is 169 g/mol. The number of ketones is 1. The van der Waals surface area contributed by atoms with E-state index in [2.05, 4.69) is 6.58 Å². The molecule has 4 nitrogen and oxygen atoms in total. The van der Waals surface area contributed by atoms with Crippen LogP contribution in [0.5, 0.6) is 0 Å². The van der Waals surface area contributed by atoms with Crippen molar-refractivity contribution in [3.05, 3.63) is 12.7 Å². The summed E-state index contributed by atoms with van der Waals surface area (Å²) in [6, 6.07) is 0. The Balaban J connectivity index is 3.53. The fraction of sp³-hybridized carbons (Fsp3) is 0.571. The van der Waals surface area contributed by atoms with E-state index >= 15 is 0 Å². The Hall–Kier alpha value is -0.645. The van der Waals surface area contributed by atoms with Crippen molar-refractivity contribution in [1.82, 2.24) is 4.81 Å². The summed E-state index contributed by atoms with van der Waals surface area (Å²) in [7, 11) is 1.91. The minimum absolute atomic E-state index is 0.106. The Kier molecular flexibility index (Phi) is 5.62. The number of Topliss-reactive ketones (excluding diaryl/α,β-unsaturated/α-hetero) is 1. The molecule has 0 aromatic carbocycles. The van der Waals surface area contributed by atoms with Crippen molar-refractivity contribution < 1.29 is 4.79 Å². The van der Waals surface area contributed by atoms with Gasteiger partial charge in [-0.1, -0.05) is 6.08 Å². The number of carbonyl (C=O) groups is 1. The Bertz CT molecular complexity index is 161. The van der Waals surface area contributed by atoms with Gasteiger partial charge in [-0.15, -0.1) is 6.58 Å². The quantitative estimate of drug-likeness (QED) is 0.280. The van der Waals surface area contributed by atoms with Crippen LogP contribution in [0.2, 0.25) is 0 Å². The third-order valence-corrected chi connectivity index (χ3v) is 1.55. The zero-order valence-electron chi connectivity index (χ0n) is 7.49. The molecular weight excluding hydrogens is 153 g/mol. The molecule has 0 amide bonds. The van der Waals surface area contributed by atoms with Crippen LogP contribution in [0.4, 0.5) is 0 Å². The summed E-state index contributed by atoms with van der Waals surface area (Å²) in [5.74, 6) is -0.106. The molecule has 0 atom stereocenters. The van der Waals surface area contributed by atoms with E-state index in [-0.39, 0.29) is 5.78 Å². The lowest BCUT2D eigenvalue weighted by Gasteiger charge is -2.14. The molecule has 0 saturated carbocycles. The molecule has 0 aliphatic carbocycles.